The van der Waals surface area contributed by atoms with Crippen LogP contribution in [0.15, 0.2) is 30.3 Å². The van der Waals surface area contributed by atoms with Crippen LogP contribution in [0.25, 0.3) is 0 Å². The molecule has 120 valence electrons. The summed E-state index contributed by atoms with van der Waals surface area (Å²) in [6.07, 6.45) is 1.94. The van der Waals surface area contributed by atoms with Crippen molar-refractivity contribution in [1.82, 2.24) is 10.2 Å². The molecule has 22 heavy (non-hydrogen) atoms. The van der Waals surface area contributed by atoms with E-state index in [9.17, 15) is 9.59 Å². The number of benzene rings is 1. The number of amides is 2. The Bertz CT molecular complexity index is 490. The Morgan fingerprint density at radius 3 is 2.86 bits per heavy atom. The van der Waals surface area contributed by atoms with E-state index >= 15 is 0 Å². The number of nitrogens with zero attached hydrogens (tertiary/aromatic N) is 1. The topological polar surface area (TPSA) is 58.6 Å². The minimum absolute atomic E-state index is 0.0153. The highest BCUT2D eigenvalue weighted by Crippen LogP contribution is 2.18. The molecule has 0 radical (unpaired) electrons. The van der Waals surface area contributed by atoms with Gasteiger partial charge < -0.3 is 15.0 Å². The van der Waals surface area contributed by atoms with Crippen molar-refractivity contribution in [3.63, 3.8) is 0 Å². The highest BCUT2D eigenvalue weighted by atomic mass is 16.5. The zero-order valence-electron chi connectivity index (χ0n) is 13.1. The second-order valence-electron chi connectivity index (χ2n) is 5.61. The molecule has 2 amide bonds. The summed E-state index contributed by atoms with van der Waals surface area (Å²) in [6.45, 7) is 2.44. The summed E-state index contributed by atoms with van der Waals surface area (Å²) in [4.78, 5) is 25.8. The Labute approximate surface area is 131 Å². The molecule has 1 aliphatic heterocycles. The molecule has 1 fully saturated rings. The third kappa shape index (κ3) is 4.84. The summed E-state index contributed by atoms with van der Waals surface area (Å²) < 4.78 is 4.99. The quantitative estimate of drug-likeness (QED) is 0.735. The number of likely N-dealkylation sites (tertiary alicyclic amines) is 1. The highest BCUT2D eigenvalue weighted by Gasteiger charge is 2.33. The number of carbonyl (C=O) groups is 2. The van der Waals surface area contributed by atoms with Crippen molar-refractivity contribution in [2.75, 3.05) is 33.4 Å². The van der Waals surface area contributed by atoms with E-state index in [0.717, 1.165) is 12.8 Å². The van der Waals surface area contributed by atoms with Crippen LogP contribution in [0.1, 0.15) is 18.4 Å². The molecular formula is C17H24N2O3. The first-order chi connectivity index (χ1) is 10.7. The average molecular weight is 304 g/mol. The lowest BCUT2D eigenvalue weighted by Crippen LogP contribution is -2.34. The summed E-state index contributed by atoms with van der Waals surface area (Å²) >= 11 is 0. The number of ether oxygens (including phenoxy) is 1. The first-order valence-electron chi connectivity index (χ1n) is 7.79. The van der Waals surface area contributed by atoms with Crippen molar-refractivity contribution >= 4 is 11.8 Å². The molecule has 5 heteroatoms. The average Bonchev–Trinajstić information content (AvgIpc) is 2.90. The Balaban J connectivity index is 1.70. The molecule has 1 saturated heterocycles. The largest absolute Gasteiger partial charge is 0.385 e. The summed E-state index contributed by atoms with van der Waals surface area (Å²) in [7, 11) is 1.65. The third-order valence-electron chi connectivity index (χ3n) is 3.92. The smallest absolute Gasteiger partial charge is 0.225 e. The molecule has 0 aromatic heterocycles. The van der Waals surface area contributed by atoms with Crippen LogP contribution in [0, 0.1) is 5.92 Å². The Morgan fingerprint density at radius 2 is 2.14 bits per heavy atom. The molecule has 1 aliphatic rings. The first-order valence-corrected chi connectivity index (χ1v) is 7.79. The number of rotatable bonds is 8. The van der Waals surface area contributed by atoms with Crippen molar-refractivity contribution in [2.24, 2.45) is 5.92 Å². The van der Waals surface area contributed by atoms with Gasteiger partial charge in [-0.3, -0.25) is 9.59 Å². The van der Waals surface area contributed by atoms with Gasteiger partial charge in [-0.15, -0.1) is 0 Å². The number of methoxy groups -OCH3 is 1. The van der Waals surface area contributed by atoms with Gasteiger partial charge in [0.05, 0.1) is 5.92 Å². The molecule has 0 bridgehead atoms. The van der Waals surface area contributed by atoms with E-state index in [1.54, 1.807) is 12.0 Å². The predicted octanol–water partition coefficient (Wildman–Crippen LogP) is 1.23. The first kappa shape index (κ1) is 16.5. The molecule has 2 rings (SSSR count). The molecule has 1 unspecified atom stereocenters. The zero-order valence-corrected chi connectivity index (χ0v) is 13.1. The van der Waals surface area contributed by atoms with Crippen molar-refractivity contribution in [1.29, 1.82) is 0 Å². The van der Waals surface area contributed by atoms with Crippen LogP contribution in [-0.2, 0) is 20.7 Å². The Kier molecular flexibility index (Phi) is 6.40. The highest BCUT2D eigenvalue weighted by molar-refractivity contribution is 5.89. The predicted molar refractivity (Wildman–Crippen MR) is 84.3 cm³/mol. The maximum absolute atomic E-state index is 12.1. The van der Waals surface area contributed by atoms with E-state index < -0.39 is 0 Å². The van der Waals surface area contributed by atoms with E-state index in [0.29, 0.717) is 32.7 Å². The summed E-state index contributed by atoms with van der Waals surface area (Å²) in [5.74, 6) is -0.163. The Hall–Kier alpha value is -1.88. The number of nitrogens with one attached hydrogen (secondary N) is 1. The minimum atomic E-state index is -0.217. The van der Waals surface area contributed by atoms with Crippen molar-refractivity contribution in [2.45, 2.75) is 19.3 Å². The molecule has 1 heterocycles. The second kappa shape index (κ2) is 8.54. The third-order valence-corrected chi connectivity index (χ3v) is 3.92. The maximum atomic E-state index is 12.1. The van der Waals surface area contributed by atoms with Crippen LogP contribution in [0.5, 0.6) is 0 Å². The molecule has 0 aliphatic carbocycles. The van der Waals surface area contributed by atoms with Gasteiger partial charge >= 0.3 is 0 Å². The van der Waals surface area contributed by atoms with Gasteiger partial charge in [-0.1, -0.05) is 30.3 Å². The fourth-order valence-corrected chi connectivity index (χ4v) is 2.68. The number of hydrogen-bond donors (Lipinski definition) is 1. The molecule has 1 aromatic rings. The maximum Gasteiger partial charge on any atom is 0.225 e. The van der Waals surface area contributed by atoms with Gasteiger partial charge in [0.2, 0.25) is 11.8 Å². The van der Waals surface area contributed by atoms with Crippen LogP contribution < -0.4 is 5.32 Å². The molecule has 5 nitrogen and oxygen atoms in total. The molecule has 1 N–H and O–H groups in total. The molecule has 0 spiro atoms. The minimum Gasteiger partial charge on any atom is -0.385 e. The van der Waals surface area contributed by atoms with Crippen LogP contribution in [-0.4, -0.2) is 50.1 Å². The number of hydrogen-bond acceptors (Lipinski definition) is 3. The standard InChI is InChI=1S/C17H24N2O3/c1-22-11-5-10-19-13-15(12-16(19)20)17(21)18-9-8-14-6-3-2-4-7-14/h2-4,6-7,15H,5,8-13H2,1H3,(H,18,21). The van der Waals surface area contributed by atoms with E-state index in [4.69, 9.17) is 4.74 Å². The van der Waals surface area contributed by atoms with Crippen molar-refractivity contribution in [3.05, 3.63) is 35.9 Å². The molecule has 1 aromatic carbocycles. The lowest BCUT2D eigenvalue weighted by atomic mass is 10.1. The van der Waals surface area contributed by atoms with Gasteiger partial charge in [0.25, 0.3) is 0 Å². The second-order valence-corrected chi connectivity index (χ2v) is 5.61. The van der Waals surface area contributed by atoms with Crippen molar-refractivity contribution < 1.29 is 14.3 Å². The summed E-state index contributed by atoms with van der Waals surface area (Å²) in [6, 6.07) is 10.0. The van der Waals surface area contributed by atoms with Crippen LogP contribution in [0.2, 0.25) is 0 Å². The van der Waals surface area contributed by atoms with Gasteiger partial charge in [-0.2, -0.15) is 0 Å². The van der Waals surface area contributed by atoms with E-state index in [-0.39, 0.29) is 17.7 Å². The van der Waals surface area contributed by atoms with E-state index in [1.165, 1.54) is 5.56 Å². The fraction of sp³-hybridized carbons (Fsp3) is 0.529. The van der Waals surface area contributed by atoms with E-state index in [1.807, 2.05) is 30.3 Å². The molecular weight excluding hydrogens is 280 g/mol. The number of carbonyl (C=O) groups excluding carboxylic acids is 2. The van der Waals surface area contributed by atoms with Crippen LogP contribution in [0.3, 0.4) is 0 Å². The monoisotopic (exact) mass is 304 g/mol. The van der Waals surface area contributed by atoms with Gasteiger partial charge in [-0.25, -0.2) is 0 Å². The lowest BCUT2D eigenvalue weighted by Gasteiger charge is -2.16. The lowest BCUT2D eigenvalue weighted by molar-refractivity contribution is -0.129. The van der Waals surface area contributed by atoms with Gasteiger partial charge in [0, 0.05) is 39.8 Å². The van der Waals surface area contributed by atoms with Crippen LogP contribution >= 0.6 is 0 Å². The van der Waals surface area contributed by atoms with Gasteiger partial charge in [0.15, 0.2) is 0 Å². The summed E-state index contributed by atoms with van der Waals surface area (Å²) in [5, 5.41) is 2.94. The van der Waals surface area contributed by atoms with Crippen molar-refractivity contribution in [3.8, 4) is 0 Å². The molecule has 1 atom stereocenters. The fourth-order valence-electron chi connectivity index (χ4n) is 2.68. The zero-order chi connectivity index (χ0) is 15.8. The SMILES string of the molecule is COCCCN1CC(C(=O)NCCc2ccccc2)CC1=O. The van der Waals surface area contributed by atoms with Gasteiger partial charge in [-0.05, 0) is 18.4 Å². The molecule has 0 saturated carbocycles. The van der Waals surface area contributed by atoms with E-state index in [2.05, 4.69) is 5.32 Å². The van der Waals surface area contributed by atoms with Crippen LogP contribution in [0.4, 0.5) is 0 Å². The Morgan fingerprint density at radius 1 is 1.36 bits per heavy atom. The van der Waals surface area contributed by atoms with Gasteiger partial charge in [0.1, 0.15) is 0 Å². The normalized spacial score (nSPS) is 17.8. The summed E-state index contributed by atoms with van der Waals surface area (Å²) in [5.41, 5.74) is 1.20.